The number of benzene rings is 1. The van der Waals surface area contributed by atoms with Gasteiger partial charge < -0.3 is 24.3 Å². The zero-order chi connectivity index (χ0) is 25.2. The number of fused-ring (bicyclic) bond motifs is 2. The summed E-state index contributed by atoms with van der Waals surface area (Å²) >= 11 is 1.42. The molecule has 36 heavy (non-hydrogen) atoms. The molecule has 0 bridgehead atoms. The number of nitrogens with zero attached hydrogens (tertiary/aromatic N) is 5. The standard InChI is InChI=1S/C24H27BN6O4S/c1-14(32)28-22-21-23(27-13-26-22)31(8-5-16-3-6-30(7-4-16)15(2)33)24(29-21)36-20-12-19-18(11-17(20)25)34-9-10-35-19/h11-13,16H,3-10H2,1-2H3,(H,26,27,28,32). The van der Waals surface area contributed by atoms with Crippen LogP contribution in [0.2, 0.25) is 0 Å². The fourth-order valence-corrected chi connectivity index (χ4v) is 5.54. The van der Waals surface area contributed by atoms with Crippen molar-refractivity contribution in [3.05, 3.63) is 18.5 Å². The van der Waals surface area contributed by atoms with Crippen molar-refractivity contribution >= 4 is 53.9 Å². The molecule has 3 aromatic rings. The number of carbonyl (C=O) groups excluding carboxylic acids is 2. The van der Waals surface area contributed by atoms with Crippen molar-refractivity contribution in [3.63, 3.8) is 0 Å². The fraction of sp³-hybridized carbons (Fsp3) is 0.458. The number of carbonyl (C=O) groups is 2. The van der Waals surface area contributed by atoms with Crippen LogP contribution < -0.4 is 20.3 Å². The summed E-state index contributed by atoms with van der Waals surface area (Å²) in [5, 5.41) is 3.45. The third kappa shape index (κ3) is 5.13. The lowest BCUT2D eigenvalue weighted by molar-refractivity contribution is -0.130. The molecule has 2 radical (unpaired) electrons. The van der Waals surface area contributed by atoms with Gasteiger partial charge in [0.25, 0.3) is 0 Å². The van der Waals surface area contributed by atoms with Crippen molar-refractivity contribution in [3.8, 4) is 11.5 Å². The highest BCUT2D eigenvalue weighted by atomic mass is 32.2. The van der Waals surface area contributed by atoms with E-state index in [9.17, 15) is 9.59 Å². The van der Waals surface area contributed by atoms with Gasteiger partial charge in [-0.25, -0.2) is 15.0 Å². The molecule has 5 rings (SSSR count). The van der Waals surface area contributed by atoms with E-state index in [4.69, 9.17) is 22.3 Å². The molecule has 12 heteroatoms. The van der Waals surface area contributed by atoms with Crippen LogP contribution in [-0.2, 0) is 16.1 Å². The summed E-state index contributed by atoms with van der Waals surface area (Å²) in [5.74, 6) is 2.05. The number of amides is 2. The Morgan fingerprint density at radius 2 is 1.86 bits per heavy atom. The summed E-state index contributed by atoms with van der Waals surface area (Å²) in [6.45, 7) is 6.29. The quantitative estimate of drug-likeness (QED) is 0.507. The fourth-order valence-electron chi connectivity index (χ4n) is 4.58. The maximum atomic E-state index is 11.7. The largest absolute Gasteiger partial charge is 0.486 e. The number of hydrogen-bond donors (Lipinski definition) is 1. The number of aromatic nitrogens is 4. The molecule has 2 aliphatic rings. The SMILES string of the molecule is [B]c1cc2c(cc1Sc1nc3c(NC(C)=O)ncnc3n1CCC1CCN(C(C)=O)CC1)OCCO2. The van der Waals surface area contributed by atoms with Gasteiger partial charge >= 0.3 is 0 Å². The monoisotopic (exact) mass is 506 g/mol. The third-order valence-corrected chi connectivity index (χ3v) is 7.56. The van der Waals surface area contributed by atoms with E-state index < -0.39 is 0 Å². The topological polar surface area (TPSA) is 111 Å². The molecule has 2 aliphatic heterocycles. The van der Waals surface area contributed by atoms with Crippen molar-refractivity contribution < 1.29 is 19.1 Å². The molecule has 1 saturated heterocycles. The lowest BCUT2D eigenvalue weighted by Gasteiger charge is -2.31. The van der Waals surface area contributed by atoms with E-state index in [0.29, 0.717) is 64.8 Å². The Bertz CT molecular complexity index is 1310. The molecule has 0 unspecified atom stereocenters. The predicted octanol–water partition coefficient (Wildman–Crippen LogP) is 2.15. The molecule has 0 atom stereocenters. The Labute approximate surface area is 214 Å². The third-order valence-electron chi connectivity index (χ3n) is 6.49. The number of imidazole rings is 1. The van der Waals surface area contributed by atoms with Gasteiger partial charge in [-0.05, 0) is 37.3 Å². The lowest BCUT2D eigenvalue weighted by Crippen LogP contribution is -2.37. The van der Waals surface area contributed by atoms with Crippen LogP contribution in [0.15, 0.2) is 28.5 Å². The van der Waals surface area contributed by atoms with Crippen LogP contribution in [0, 0.1) is 5.92 Å². The van der Waals surface area contributed by atoms with Gasteiger partial charge in [0.2, 0.25) is 11.8 Å². The molecular formula is C24H27BN6O4S. The number of likely N-dealkylation sites (tertiary alicyclic amines) is 1. The average molecular weight is 506 g/mol. The average Bonchev–Trinajstić information content (AvgIpc) is 3.21. The maximum absolute atomic E-state index is 11.7. The minimum absolute atomic E-state index is 0.131. The number of nitrogens with one attached hydrogen (secondary N) is 1. The maximum Gasteiger partial charge on any atom is 0.222 e. The van der Waals surface area contributed by atoms with E-state index in [1.807, 2.05) is 11.0 Å². The van der Waals surface area contributed by atoms with E-state index in [-0.39, 0.29) is 11.8 Å². The first kappa shape index (κ1) is 24.4. The van der Waals surface area contributed by atoms with Gasteiger partial charge in [-0.15, -0.1) is 0 Å². The van der Waals surface area contributed by atoms with Crippen LogP contribution >= 0.6 is 11.8 Å². The van der Waals surface area contributed by atoms with Crippen LogP contribution in [0.5, 0.6) is 11.5 Å². The predicted molar refractivity (Wildman–Crippen MR) is 136 cm³/mol. The van der Waals surface area contributed by atoms with Crippen molar-refractivity contribution in [1.82, 2.24) is 24.4 Å². The summed E-state index contributed by atoms with van der Waals surface area (Å²) in [7, 11) is 6.35. The molecular weight excluding hydrogens is 479 g/mol. The van der Waals surface area contributed by atoms with Gasteiger partial charge in [0.1, 0.15) is 27.4 Å². The molecule has 2 amide bonds. The Balaban J connectivity index is 1.45. The van der Waals surface area contributed by atoms with E-state index in [0.717, 1.165) is 37.2 Å². The molecule has 1 N–H and O–H groups in total. The summed E-state index contributed by atoms with van der Waals surface area (Å²) in [6, 6.07) is 3.64. The summed E-state index contributed by atoms with van der Waals surface area (Å²) in [4.78, 5) is 39.7. The summed E-state index contributed by atoms with van der Waals surface area (Å²) in [5.41, 5.74) is 1.74. The second-order valence-electron chi connectivity index (χ2n) is 9.00. The minimum Gasteiger partial charge on any atom is -0.486 e. The zero-order valence-electron chi connectivity index (χ0n) is 20.3. The number of anilines is 1. The van der Waals surface area contributed by atoms with Gasteiger partial charge in [-0.3, -0.25) is 9.59 Å². The molecule has 4 heterocycles. The van der Waals surface area contributed by atoms with Crippen molar-refractivity contribution in [2.45, 2.75) is 49.7 Å². The molecule has 1 aromatic carbocycles. The van der Waals surface area contributed by atoms with Crippen LogP contribution in [0.1, 0.15) is 33.1 Å². The molecule has 0 saturated carbocycles. The van der Waals surface area contributed by atoms with Crippen molar-refractivity contribution in [1.29, 1.82) is 0 Å². The number of aryl methyl sites for hydroxylation is 1. The van der Waals surface area contributed by atoms with Crippen LogP contribution in [-0.4, -0.2) is 70.4 Å². The van der Waals surface area contributed by atoms with Gasteiger partial charge in [0.05, 0.1) is 0 Å². The van der Waals surface area contributed by atoms with Gasteiger partial charge in [0, 0.05) is 38.4 Å². The Kier molecular flexibility index (Phi) is 7.04. The Morgan fingerprint density at radius 1 is 1.14 bits per heavy atom. The normalized spacial score (nSPS) is 15.8. The first-order valence-corrected chi connectivity index (χ1v) is 12.8. The zero-order valence-corrected chi connectivity index (χ0v) is 21.1. The Morgan fingerprint density at radius 3 is 2.56 bits per heavy atom. The van der Waals surface area contributed by atoms with Crippen molar-refractivity contribution in [2.75, 3.05) is 31.6 Å². The second kappa shape index (κ2) is 10.4. The van der Waals surface area contributed by atoms with Crippen LogP contribution in [0.3, 0.4) is 0 Å². The molecule has 0 spiro atoms. The first-order chi connectivity index (χ1) is 17.4. The summed E-state index contributed by atoms with van der Waals surface area (Å²) < 4.78 is 13.4. The Hall–Kier alpha value is -3.28. The number of hydrogen-bond acceptors (Lipinski definition) is 8. The first-order valence-electron chi connectivity index (χ1n) is 12.0. The molecule has 10 nitrogen and oxygen atoms in total. The smallest absolute Gasteiger partial charge is 0.222 e. The number of rotatable bonds is 6. The van der Waals surface area contributed by atoms with E-state index >= 15 is 0 Å². The van der Waals surface area contributed by atoms with Gasteiger partial charge in [-0.1, -0.05) is 17.2 Å². The highest BCUT2D eigenvalue weighted by molar-refractivity contribution is 7.99. The van der Waals surface area contributed by atoms with Gasteiger partial charge in [-0.2, -0.15) is 0 Å². The summed E-state index contributed by atoms with van der Waals surface area (Å²) in [6.07, 6.45) is 4.29. The molecule has 1 fully saturated rings. The van der Waals surface area contributed by atoms with Crippen LogP contribution in [0.4, 0.5) is 5.82 Å². The molecule has 0 aliphatic carbocycles. The highest BCUT2D eigenvalue weighted by Gasteiger charge is 2.24. The second-order valence-corrected chi connectivity index (χ2v) is 10.0. The number of piperidine rings is 1. The highest BCUT2D eigenvalue weighted by Crippen LogP contribution is 2.37. The number of ether oxygens (including phenoxy) is 2. The van der Waals surface area contributed by atoms with E-state index in [1.165, 1.54) is 25.0 Å². The molecule has 186 valence electrons. The van der Waals surface area contributed by atoms with Crippen LogP contribution in [0.25, 0.3) is 11.2 Å². The van der Waals surface area contributed by atoms with E-state index in [2.05, 4.69) is 19.9 Å². The van der Waals surface area contributed by atoms with Crippen molar-refractivity contribution in [2.24, 2.45) is 5.92 Å². The van der Waals surface area contributed by atoms with Gasteiger partial charge in [0.15, 0.2) is 33.6 Å². The minimum atomic E-state index is -0.230. The van der Waals surface area contributed by atoms with E-state index in [1.54, 1.807) is 13.0 Å². The lowest BCUT2D eigenvalue weighted by atomic mass is 9.93. The molecule has 2 aromatic heterocycles.